The summed E-state index contributed by atoms with van der Waals surface area (Å²) in [5.41, 5.74) is 0. The highest BCUT2D eigenvalue weighted by Gasteiger charge is 2.02. The lowest BCUT2D eigenvalue weighted by Gasteiger charge is -1.99. The van der Waals surface area contributed by atoms with E-state index in [1.54, 1.807) is 0 Å². The number of halogens is 3. The normalized spacial score (nSPS) is 15.5. The molecule has 0 spiro atoms. The highest BCUT2D eigenvalue weighted by molar-refractivity contribution is 9.25. The van der Waals surface area contributed by atoms with E-state index < -0.39 is 0 Å². The summed E-state index contributed by atoms with van der Waals surface area (Å²) in [5.74, 6) is 0. The van der Waals surface area contributed by atoms with E-state index in [1.165, 1.54) is 0 Å². The smallest absolute Gasteiger partial charge is 0.0819 e. The first-order valence-electron chi connectivity index (χ1n) is 1.57. The van der Waals surface area contributed by atoms with E-state index in [0.717, 1.165) is 0 Å². The molecule has 6 heavy (non-hydrogen) atoms. The molecule has 0 saturated heterocycles. The van der Waals surface area contributed by atoms with Crippen molar-refractivity contribution in [1.29, 1.82) is 0 Å². The summed E-state index contributed by atoms with van der Waals surface area (Å²) >= 11 is 9.96. The van der Waals surface area contributed by atoms with Crippen LogP contribution in [-0.4, -0.2) is 8.56 Å². The van der Waals surface area contributed by atoms with Gasteiger partial charge in [0.05, 0.1) is 3.74 Å². The van der Waals surface area contributed by atoms with Gasteiger partial charge in [-0.15, -0.1) is 0 Å². The Morgan fingerprint density at radius 1 is 1.17 bits per heavy atom. The minimum Gasteiger partial charge on any atom is -0.0872 e. The van der Waals surface area contributed by atoms with Gasteiger partial charge in [-0.25, -0.2) is 0 Å². The fraction of sp³-hybridized carbons (Fsp3) is 1.00. The zero-order valence-corrected chi connectivity index (χ0v) is 8.05. The molecule has 0 aromatic carbocycles. The third kappa shape index (κ3) is 3.62. The van der Waals surface area contributed by atoms with E-state index in [9.17, 15) is 0 Å². The summed E-state index contributed by atoms with van der Waals surface area (Å²) in [7, 11) is 0. The molecule has 0 aromatic heterocycles. The fourth-order valence-corrected chi connectivity index (χ4v) is 0. The minimum absolute atomic E-state index is 0.394. The molecule has 3 heteroatoms. The van der Waals surface area contributed by atoms with Gasteiger partial charge in [-0.1, -0.05) is 54.7 Å². The van der Waals surface area contributed by atoms with Gasteiger partial charge >= 0.3 is 0 Å². The molecule has 0 aliphatic heterocycles. The van der Waals surface area contributed by atoms with Crippen LogP contribution in [0, 0.1) is 0 Å². The summed E-state index contributed by atoms with van der Waals surface area (Å²) in [6.45, 7) is 2.06. The monoisotopic (exact) mass is 278 g/mol. The van der Waals surface area contributed by atoms with Crippen molar-refractivity contribution in [2.45, 2.75) is 15.5 Å². The lowest BCUT2D eigenvalue weighted by Crippen LogP contribution is -1.97. The molecule has 0 fully saturated rings. The van der Waals surface area contributed by atoms with Gasteiger partial charge in [0.15, 0.2) is 0 Å². The molecule has 1 atom stereocenters. The lowest BCUT2D eigenvalue weighted by molar-refractivity contribution is 1.13. The molecule has 0 unspecified atom stereocenters. The second-order valence-corrected chi connectivity index (χ2v) is 5.66. The van der Waals surface area contributed by atoms with Gasteiger partial charge in [0, 0.05) is 4.83 Å². The first-order chi connectivity index (χ1) is 2.64. The van der Waals surface area contributed by atoms with Gasteiger partial charge in [-0.3, -0.25) is 0 Å². The van der Waals surface area contributed by atoms with Crippen LogP contribution in [0.25, 0.3) is 0 Å². The molecule has 0 heterocycles. The van der Waals surface area contributed by atoms with Crippen molar-refractivity contribution in [1.82, 2.24) is 0 Å². The predicted octanol–water partition coefficient (Wildman–Crippen LogP) is 2.89. The van der Waals surface area contributed by atoms with Crippen LogP contribution in [0.2, 0.25) is 0 Å². The third-order valence-corrected chi connectivity index (χ3v) is 3.88. The zero-order valence-electron chi connectivity index (χ0n) is 3.29. The maximum absolute atomic E-state index is 3.34. The van der Waals surface area contributed by atoms with E-state index in [4.69, 9.17) is 0 Å². The minimum atomic E-state index is 0.394. The molecule has 0 aromatic rings. The highest BCUT2D eigenvalue weighted by Crippen LogP contribution is 2.18. The molecule has 0 nitrogen and oxygen atoms in total. The van der Waals surface area contributed by atoms with Crippen LogP contribution < -0.4 is 0 Å². The SMILES string of the molecule is C[C@@H](Br)C(Br)Br. The molecule has 0 bridgehead atoms. The van der Waals surface area contributed by atoms with Crippen LogP contribution in [0.4, 0.5) is 0 Å². The maximum atomic E-state index is 3.34. The third-order valence-electron chi connectivity index (χ3n) is 0.347. The van der Waals surface area contributed by atoms with Crippen LogP contribution in [0.3, 0.4) is 0 Å². The van der Waals surface area contributed by atoms with E-state index in [1.807, 2.05) is 0 Å². The Labute approximate surface area is 63.1 Å². The van der Waals surface area contributed by atoms with Gasteiger partial charge in [0.1, 0.15) is 0 Å². The Morgan fingerprint density at radius 2 is 1.33 bits per heavy atom. The van der Waals surface area contributed by atoms with Gasteiger partial charge in [-0.05, 0) is 0 Å². The molecule has 0 rings (SSSR count). The molecule has 38 valence electrons. The van der Waals surface area contributed by atoms with Gasteiger partial charge < -0.3 is 0 Å². The topological polar surface area (TPSA) is 0 Å². The van der Waals surface area contributed by atoms with Crippen LogP contribution in [0.5, 0.6) is 0 Å². The highest BCUT2D eigenvalue weighted by atomic mass is 79.9. The lowest BCUT2D eigenvalue weighted by atomic mass is 10.6. The van der Waals surface area contributed by atoms with Crippen molar-refractivity contribution in [3.05, 3.63) is 0 Å². The van der Waals surface area contributed by atoms with Crippen molar-refractivity contribution < 1.29 is 0 Å². The zero-order chi connectivity index (χ0) is 5.15. The van der Waals surface area contributed by atoms with E-state index >= 15 is 0 Å². The summed E-state index contributed by atoms with van der Waals surface area (Å²) in [6.07, 6.45) is 0. The van der Waals surface area contributed by atoms with Crippen LogP contribution in [0.1, 0.15) is 6.92 Å². The standard InChI is InChI=1S/C3H5Br3/c1-2(4)3(5)6/h2-3H,1H3/t2-/m1/s1. The summed E-state index contributed by atoms with van der Waals surface area (Å²) < 4.78 is 0.394. The van der Waals surface area contributed by atoms with Crippen molar-refractivity contribution >= 4 is 47.8 Å². The number of hydrogen-bond donors (Lipinski definition) is 0. The van der Waals surface area contributed by atoms with Gasteiger partial charge in [0.25, 0.3) is 0 Å². The Balaban J connectivity index is 2.99. The largest absolute Gasteiger partial charge is 0.0872 e. The molecule has 0 amide bonds. The molecular formula is C3H5Br3. The maximum Gasteiger partial charge on any atom is 0.0819 e. The Kier molecular flexibility index (Phi) is 4.27. The quantitative estimate of drug-likeness (QED) is 0.648. The average Bonchev–Trinajstić information content (AvgIpc) is 1.36. The first kappa shape index (κ1) is 7.44. The fourth-order valence-electron chi connectivity index (χ4n) is 0. The summed E-state index contributed by atoms with van der Waals surface area (Å²) in [6, 6.07) is 0. The molecule has 0 radical (unpaired) electrons. The van der Waals surface area contributed by atoms with Crippen molar-refractivity contribution in [2.75, 3.05) is 0 Å². The van der Waals surface area contributed by atoms with Crippen LogP contribution in [-0.2, 0) is 0 Å². The molecular weight excluding hydrogens is 276 g/mol. The van der Waals surface area contributed by atoms with Gasteiger partial charge in [0.2, 0.25) is 0 Å². The van der Waals surface area contributed by atoms with Crippen LogP contribution >= 0.6 is 47.8 Å². The second-order valence-electron chi connectivity index (χ2n) is 1.01. The molecule has 0 N–H and O–H groups in total. The Hall–Kier alpha value is 1.44. The molecule has 0 aliphatic rings. The van der Waals surface area contributed by atoms with Crippen molar-refractivity contribution in [2.24, 2.45) is 0 Å². The molecule has 0 aliphatic carbocycles. The summed E-state index contributed by atoms with van der Waals surface area (Å²) in [5, 5.41) is 0. The van der Waals surface area contributed by atoms with Gasteiger partial charge in [-0.2, -0.15) is 0 Å². The van der Waals surface area contributed by atoms with E-state index in [0.29, 0.717) is 8.56 Å². The van der Waals surface area contributed by atoms with Crippen molar-refractivity contribution in [3.8, 4) is 0 Å². The average molecular weight is 281 g/mol. The number of hydrogen-bond acceptors (Lipinski definition) is 0. The second kappa shape index (κ2) is 3.44. The summed E-state index contributed by atoms with van der Waals surface area (Å²) in [4.78, 5) is 0.498. The Morgan fingerprint density at radius 3 is 1.33 bits per heavy atom. The molecule has 0 saturated carbocycles. The predicted molar refractivity (Wildman–Crippen MR) is 40.0 cm³/mol. The number of alkyl halides is 3. The first-order valence-corrected chi connectivity index (χ1v) is 4.31. The van der Waals surface area contributed by atoms with Crippen molar-refractivity contribution in [3.63, 3.8) is 0 Å². The van der Waals surface area contributed by atoms with E-state index in [-0.39, 0.29) is 0 Å². The number of rotatable bonds is 1. The Bertz CT molecular complexity index is 27.0. The van der Waals surface area contributed by atoms with E-state index in [2.05, 4.69) is 54.7 Å². The van der Waals surface area contributed by atoms with Crippen LogP contribution in [0.15, 0.2) is 0 Å².